The standard InChI is InChI=1S/C12H15ClN2S/c1-2-3-6-9(14)12-15-10-7-4-5-8(13)11(10)16-12/h4-5,7,9H,2-3,6,14H2,1H3. The number of nitrogens with zero attached hydrogens (tertiary/aromatic N) is 1. The molecule has 0 saturated heterocycles. The van der Waals surface area contributed by atoms with E-state index in [9.17, 15) is 0 Å². The molecule has 1 atom stereocenters. The number of aromatic nitrogens is 1. The predicted molar refractivity (Wildman–Crippen MR) is 71.1 cm³/mol. The highest BCUT2D eigenvalue weighted by atomic mass is 35.5. The van der Waals surface area contributed by atoms with Gasteiger partial charge < -0.3 is 5.73 Å². The van der Waals surface area contributed by atoms with Gasteiger partial charge in [0, 0.05) is 0 Å². The minimum atomic E-state index is 0.0495. The summed E-state index contributed by atoms with van der Waals surface area (Å²) in [6, 6.07) is 5.84. The molecule has 1 heterocycles. The molecule has 0 aliphatic rings. The van der Waals surface area contributed by atoms with Gasteiger partial charge in [0.1, 0.15) is 5.01 Å². The topological polar surface area (TPSA) is 38.9 Å². The molecule has 0 bridgehead atoms. The molecule has 0 aliphatic carbocycles. The third kappa shape index (κ3) is 2.37. The number of rotatable bonds is 4. The molecule has 0 spiro atoms. The van der Waals surface area contributed by atoms with Crippen LogP contribution in [0.4, 0.5) is 0 Å². The lowest BCUT2D eigenvalue weighted by Gasteiger charge is -2.05. The molecule has 2 N–H and O–H groups in total. The summed E-state index contributed by atoms with van der Waals surface area (Å²) < 4.78 is 1.05. The fourth-order valence-electron chi connectivity index (χ4n) is 1.64. The van der Waals surface area contributed by atoms with Crippen LogP contribution in [0.3, 0.4) is 0 Å². The number of hydrogen-bond acceptors (Lipinski definition) is 3. The number of benzene rings is 1. The van der Waals surface area contributed by atoms with Crippen molar-refractivity contribution < 1.29 is 0 Å². The van der Waals surface area contributed by atoms with E-state index in [0.717, 1.165) is 33.1 Å². The second-order valence-corrected chi connectivity index (χ2v) is 5.33. The van der Waals surface area contributed by atoms with E-state index in [2.05, 4.69) is 11.9 Å². The number of thiazole rings is 1. The van der Waals surface area contributed by atoms with Gasteiger partial charge in [-0.25, -0.2) is 4.98 Å². The largest absolute Gasteiger partial charge is 0.322 e. The van der Waals surface area contributed by atoms with Crippen molar-refractivity contribution in [1.29, 1.82) is 0 Å². The third-order valence-corrected chi connectivity index (χ3v) is 4.23. The van der Waals surface area contributed by atoms with Crippen LogP contribution in [0.25, 0.3) is 10.2 Å². The molecule has 0 radical (unpaired) electrons. The molecule has 1 aromatic heterocycles. The van der Waals surface area contributed by atoms with Crippen LogP contribution in [-0.4, -0.2) is 4.98 Å². The maximum Gasteiger partial charge on any atom is 0.111 e. The van der Waals surface area contributed by atoms with E-state index in [0.29, 0.717) is 0 Å². The third-order valence-electron chi connectivity index (χ3n) is 2.57. The number of hydrogen-bond donors (Lipinski definition) is 1. The summed E-state index contributed by atoms with van der Waals surface area (Å²) in [7, 11) is 0. The van der Waals surface area contributed by atoms with Gasteiger partial charge in [-0.2, -0.15) is 0 Å². The fraction of sp³-hybridized carbons (Fsp3) is 0.417. The summed E-state index contributed by atoms with van der Waals surface area (Å²) in [6.45, 7) is 2.17. The van der Waals surface area contributed by atoms with E-state index in [1.54, 1.807) is 11.3 Å². The van der Waals surface area contributed by atoms with Gasteiger partial charge in [-0.1, -0.05) is 37.4 Å². The maximum atomic E-state index is 6.11. The van der Waals surface area contributed by atoms with E-state index in [1.165, 1.54) is 6.42 Å². The van der Waals surface area contributed by atoms with Crippen LogP contribution in [0.15, 0.2) is 18.2 Å². The predicted octanol–water partition coefficient (Wildman–Crippen LogP) is 4.14. The van der Waals surface area contributed by atoms with Crippen LogP contribution in [0.5, 0.6) is 0 Å². The Morgan fingerprint density at radius 3 is 3.00 bits per heavy atom. The second kappa shape index (κ2) is 5.13. The lowest BCUT2D eigenvalue weighted by Crippen LogP contribution is -2.09. The molecule has 2 aromatic rings. The van der Waals surface area contributed by atoms with E-state index in [4.69, 9.17) is 17.3 Å². The molecule has 0 aliphatic heterocycles. The number of halogens is 1. The van der Waals surface area contributed by atoms with E-state index >= 15 is 0 Å². The lowest BCUT2D eigenvalue weighted by atomic mass is 10.1. The van der Waals surface area contributed by atoms with Crippen molar-refractivity contribution in [2.75, 3.05) is 0 Å². The smallest absolute Gasteiger partial charge is 0.111 e. The minimum absolute atomic E-state index is 0.0495. The first-order chi connectivity index (χ1) is 7.72. The average Bonchev–Trinajstić information content (AvgIpc) is 2.71. The molecule has 0 fully saturated rings. The van der Waals surface area contributed by atoms with Crippen LogP contribution in [0.2, 0.25) is 5.02 Å². The van der Waals surface area contributed by atoms with Crippen LogP contribution in [0.1, 0.15) is 37.2 Å². The van der Waals surface area contributed by atoms with Crippen molar-refractivity contribution in [3.63, 3.8) is 0 Å². The Bertz CT molecular complexity index is 481. The maximum absolute atomic E-state index is 6.11. The average molecular weight is 255 g/mol. The summed E-state index contributed by atoms with van der Waals surface area (Å²) in [5.74, 6) is 0. The Kier molecular flexibility index (Phi) is 3.79. The number of unbranched alkanes of at least 4 members (excludes halogenated alkanes) is 1. The molecule has 1 aromatic carbocycles. The zero-order valence-corrected chi connectivity index (χ0v) is 10.8. The monoisotopic (exact) mass is 254 g/mol. The van der Waals surface area contributed by atoms with Crippen molar-refractivity contribution in [3.8, 4) is 0 Å². The number of nitrogens with two attached hydrogens (primary N) is 1. The van der Waals surface area contributed by atoms with Crippen LogP contribution in [0, 0.1) is 0 Å². The molecule has 16 heavy (non-hydrogen) atoms. The normalized spacial score (nSPS) is 13.2. The molecule has 4 heteroatoms. The molecular formula is C12H15ClN2S. The van der Waals surface area contributed by atoms with Crippen LogP contribution < -0.4 is 5.73 Å². The van der Waals surface area contributed by atoms with Crippen molar-refractivity contribution in [2.45, 2.75) is 32.2 Å². The van der Waals surface area contributed by atoms with Gasteiger partial charge in [0.05, 0.1) is 21.3 Å². The summed E-state index contributed by atoms with van der Waals surface area (Å²) in [4.78, 5) is 4.54. The Morgan fingerprint density at radius 1 is 1.50 bits per heavy atom. The quantitative estimate of drug-likeness (QED) is 0.891. The summed E-state index contributed by atoms with van der Waals surface area (Å²) in [5, 5.41) is 1.76. The first kappa shape index (κ1) is 11.8. The first-order valence-electron chi connectivity index (χ1n) is 5.53. The van der Waals surface area contributed by atoms with E-state index in [-0.39, 0.29) is 6.04 Å². The first-order valence-corrected chi connectivity index (χ1v) is 6.72. The highest BCUT2D eigenvalue weighted by Crippen LogP contribution is 2.32. The zero-order valence-electron chi connectivity index (χ0n) is 9.24. The molecule has 2 nitrogen and oxygen atoms in total. The van der Waals surface area contributed by atoms with Gasteiger partial charge in [-0.15, -0.1) is 11.3 Å². The molecular weight excluding hydrogens is 240 g/mol. The Labute approximate surface area is 104 Å². The lowest BCUT2D eigenvalue weighted by molar-refractivity contribution is 0.601. The van der Waals surface area contributed by atoms with Gasteiger partial charge in [-0.05, 0) is 18.6 Å². The summed E-state index contributed by atoms with van der Waals surface area (Å²) in [6.07, 6.45) is 3.30. The van der Waals surface area contributed by atoms with Crippen molar-refractivity contribution in [3.05, 3.63) is 28.2 Å². The molecule has 0 saturated carbocycles. The molecule has 86 valence electrons. The Morgan fingerprint density at radius 2 is 2.31 bits per heavy atom. The molecule has 1 unspecified atom stereocenters. The summed E-state index contributed by atoms with van der Waals surface area (Å²) >= 11 is 7.72. The van der Waals surface area contributed by atoms with Crippen molar-refractivity contribution >= 4 is 33.2 Å². The van der Waals surface area contributed by atoms with Gasteiger partial charge in [0.2, 0.25) is 0 Å². The minimum Gasteiger partial charge on any atom is -0.322 e. The van der Waals surface area contributed by atoms with Crippen LogP contribution >= 0.6 is 22.9 Å². The fourth-order valence-corrected chi connectivity index (χ4v) is 2.93. The van der Waals surface area contributed by atoms with Gasteiger partial charge in [0.25, 0.3) is 0 Å². The van der Waals surface area contributed by atoms with Crippen LogP contribution in [-0.2, 0) is 0 Å². The molecule has 2 rings (SSSR count). The highest BCUT2D eigenvalue weighted by molar-refractivity contribution is 7.19. The SMILES string of the molecule is CCCCC(N)c1nc2cccc(Cl)c2s1. The van der Waals surface area contributed by atoms with Gasteiger partial charge >= 0.3 is 0 Å². The summed E-state index contributed by atoms with van der Waals surface area (Å²) in [5.41, 5.74) is 7.06. The van der Waals surface area contributed by atoms with Gasteiger partial charge in [0.15, 0.2) is 0 Å². The number of fused-ring (bicyclic) bond motifs is 1. The Hall–Kier alpha value is -0.640. The Balaban J connectivity index is 2.29. The zero-order chi connectivity index (χ0) is 11.5. The van der Waals surface area contributed by atoms with Gasteiger partial charge in [-0.3, -0.25) is 0 Å². The highest BCUT2D eigenvalue weighted by Gasteiger charge is 2.12. The van der Waals surface area contributed by atoms with Crippen molar-refractivity contribution in [1.82, 2.24) is 4.98 Å². The van der Waals surface area contributed by atoms with E-state index < -0.39 is 0 Å². The second-order valence-electron chi connectivity index (χ2n) is 3.89. The van der Waals surface area contributed by atoms with Crippen molar-refractivity contribution in [2.24, 2.45) is 5.73 Å². The molecule has 0 amide bonds. The van der Waals surface area contributed by atoms with E-state index in [1.807, 2.05) is 18.2 Å².